The Bertz CT molecular complexity index is 1750. The van der Waals surface area contributed by atoms with Crippen LogP contribution in [-0.4, -0.2) is 68.4 Å². The molecule has 0 aliphatic carbocycles. The number of benzene rings is 3. The van der Waals surface area contributed by atoms with Crippen LogP contribution in [0.25, 0.3) is 0 Å². The van der Waals surface area contributed by atoms with Gasteiger partial charge in [-0.3, -0.25) is 5.32 Å². The van der Waals surface area contributed by atoms with Gasteiger partial charge in [0, 0.05) is 18.5 Å². The van der Waals surface area contributed by atoms with E-state index in [1.54, 1.807) is 86.2 Å². The highest BCUT2D eigenvalue weighted by Crippen LogP contribution is 2.35. The summed E-state index contributed by atoms with van der Waals surface area (Å²) >= 11 is 12.9. The Balaban J connectivity index is 0.00000583. The molecule has 2 atom stereocenters. The Morgan fingerprint density at radius 2 is 1.63 bits per heavy atom. The van der Waals surface area contributed by atoms with Crippen molar-refractivity contribution in [1.82, 2.24) is 10.2 Å². The first-order valence-electron chi connectivity index (χ1n) is 16.4. The van der Waals surface area contributed by atoms with Crippen molar-refractivity contribution in [3.8, 4) is 17.2 Å². The monoisotopic (exact) mass is 739 g/mol. The summed E-state index contributed by atoms with van der Waals surface area (Å²) in [5.41, 5.74) is 3.03. The van der Waals surface area contributed by atoms with Gasteiger partial charge in [-0.15, -0.1) is 0 Å². The van der Waals surface area contributed by atoms with E-state index in [1.807, 2.05) is 0 Å². The standard InChI is InChI=1S/C38H41Cl2N3O7.H2O/c1-43-15-13-25(14-16-43)23-49-38(46)36(28-5-4-6-29(44)17-28)42-20-24-7-9-26(10-8-24)37(45)50-34(19-30-31(39)21-41-22-32(30)40)27-11-12-33(47-2)35(18-27)48-3;/h4-12,17-18,21-22,25,34,36,42,44H,13-16,19-20,23H2,1-3H3;1H2/t34-,36?;/m0./s1. The number of likely N-dealkylation sites (tertiary alicyclic amines) is 1. The van der Waals surface area contributed by atoms with Crippen LogP contribution in [0.2, 0.25) is 10.0 Å². The molecule has 51 heavy (non-hydrogen) atoms. The van der Waals surface area contributed by atoms with E-state index in [4.69, 9.17) is 42.1 Å². The number of carbonyl (C=O) groups excluding carboxylic acids is 2. The number of halogens is 2. The van der Waals surface area contributed by atoms with Crippen molar-refractivity contribution >= 4 is 35.1 Å². The molecule has 272 valence electrons. The Morgan fingerprint density at radius 1 is 0.941 bits per heavy atom. The van der Waals surface area contributed by atoms with Crippen LogP contribution in [0.4, 0.5) is 0 Å². The van der Waals surface area contributed by atoms with E-state index in [2.05, 4.69) is 22.2 Å². The lowest BCUT2D eigenvalue weighted by atomic mass is 9.98. The maximum Gasteiger partial charge on any atom is 0.338 e. The molecule has 0 radical (unpaired) electrons. The number of carbonyl (C=O) groups is 2. The number of nitrogens with one attached hydrogen (secondary N) is 2. The fourth-order valence-corrected chi connectivity index (χ4v) is 6.40. The number of phenolic OH excluding ortho intramolecular Hbond substituents is 1. The minimum Gasteiger partial charge on any atom is -0.870 e. The predicted octanol–water partition coefficient (Wildman–Crippen LogP) is 6.21. The second-order valence-corrected chi connectivity index (χ2v) is 13.1. The Kier molecular flexibility index (Phi) is 14.5. The zero-order valence-electron chi connectivity index (χ0n) is 28.7. The first kappa shape index (κ1) is 39.4. The molecule has 4 N–H and O–H groups in total. The average molecular weight is 741 g/mol. The maximum absolute atomic E-state index is 13.5. The molecule has 1 unspecified atom stereocenters. The van der Waals surface area contributed by atoms with Crippen LogP contribution in [0.1, 0.15) is 57.6 Å². The summed E-state index contributed by atoms with van der Waals surface area (Å²) in [4.78, 5) is 32.0. The zero-order chi connectivity index (χ0) is 35.6. The molecule has 1 aromatic heterocycles. The van der Waals surface area contributed by atoms with E-state index in [-0.39, 0.29) is 17.6 Å². The average Bonchev–Trinajstić information content (AvgIpc) is 3.12. The number of esters is 2. The van der Waals surface area contributed by atoms with Crippen molar-refractivity contribution in [3.63, 3.8) is 0 Å². The number of hydrogen-bond acceptors (Lipinski definition) is 10. The van der Waals surface area contributed by atoms with Gasteiger partial charge in [0.1, 0.15) is 27.9 Å². The summed E-state index contributed by atoms with van der Waals surface area (Å²) in [6.45, 7) is 2.61. The van der Waals surface area contributed by atoms with E-state index >= 15 is 0 Å². The van der Waals surface area contributed by atoms with Crippen LogP contribution in [0.3, 0.4) is 0 Å². The molecule has 0 bridgehead atoms. The van der Waals surface area contributed by atoms with Crippen LogP contribution < -0.4 is 19.8 Å². The quantitative estimate of drug-likeness (QED) is 0.143. The van der Waals surface area contributed by atoms with E-state index in [9.17, 15) is 14.7 Å². The number of piperidine rings is 1. The van der Waals surface area contributed by atoms with Crippen molar-refractivity contribution < 1.29 is 44.1 Å². The van der Waals surface area contributed by atoms with Crippen LogP contribution in [0.15, 0.2) is 79.1 Å². The fraction of sp³-hybridized carbons (Fsp3) is 0.342. The molecule has 1 aliphatic heterocycles. The van der Waals surface area contributed by atoms with Crippen molar-refractivity contribution in [1.29, 1.82) is 0 Å². The minimum atomic E-state index is -0.797. The molecule has 0 spiro atoms. The lowest BCUT2D eigenvalue weighted by Gasteiger charge is -2.29. The van der Waals surface area contributed by atoms with Gasteiger partial charge < -0.3 is 34.4 Å². The van der Waals surface area contributed by atoms with Gasteiger partial charge in [-0.2, -0.15) is 0 Å². The number of hydrogen-bond donors (Lipinski definition) is 2. The van der Waals surface area contributed by atoms with Crippen molar-refractivity contribution in [3.05, 3.63) is 117 Å². The van der Waals surface area contributed by atoms with Crippen LogP contribution in [-0.2, 0) is 27.2 Å². The van der Waals surface area contributed by atoms with Gasteiger partial charge in [-0.1, -0.05) is 53.5 Å². The molecule has 2 heterocycles. The maximum atomic E-state index is 13.5. The van der Waals surface area contributed by atoms with E-state index in [0.29, 0.717) is 62.9 Å². The summed E-state index contributed by atoms with van der Waals surface area (Å²) in [6.07, 6.45) is 4.63. The van der Waals surface area contributed by atoms with Crippen molar-refractivity contribution in [2.75, 3.05) is 41.0 Å². The Hall–Kier alpha value is -4.39. The van der Waals surface area contributed by atoms with Gasteiger partial charge in [0.15, 0.2) is 23.9 Å². The predicted molar refractivity (Wildman–Crippen MR) is 192 cm³/mol. The summed E-state index contributed by atoms with van der Waals surface area (Å²) in [5, 5.41) is 14.2. The normalized spacial score (nSPS) is 14.5. The molecule has 1 fully saturated rings. The third kappa shape index (κ3) is 10.6. The number of aromatic nitrogens is 1. The fourth-order valence-electron chi connectivity index (χ4n) is 5.87. The van der Waals surface area contributed by atoms with E-state index < -0.39 is 24.1 Å². The highest BCUT2D eigenvalue weighted by atomic mass is 35.5. The van der Waals surface area contributed by atoms with Gasteiger partial charge in [0.25, 0.3) is 0 Å². The van der Waals surface area contributed by atoms with Crippen molar-refractivity contribution in [2.24, 2.45) is 5.92 Å². The van der Waals surface area contributed by atoms with Gasteiger partial charge in [0.05, 0.1) is 26.4 Å². The molecule has 1 saturated heterocycles. The minimum absolute atomic E-state index is 0. The van der Waals surface area contributed by atoms with Gasteiger partial charge >= 0.3 is 11.9 Å². The van der Waals surface area contributed by atoms with E-state index in [1.165, 1.54) is 7.11 Å². The van der Waals surface area contributed by atoms with Gasteiger partial charge in [0.2, 0.25) is 0 Å². The van der Waals surface area contributed by atoms with Crippen LogP contribution in [0, 0.1) is 5.92 Å². The number of H-pyrrole nitrogens is 1. The Labute approximate surface area is 307 Å². The summed E-state index contributed by atoms with van der Waals surface area (Å²) in [7, 11) is 5.17. The molecule has 0 saturated carbocycles. The number of aromatic amines is 1. The highest BCUT2D eigenvalue weighted by molar-refractivity contribution is 6.35. The number of methoxy groups -OCH3 is 2. The SMILES string of the molecule is COc1ccc([C@H](Cc2c(Cl)c[nH+]cc2Cl)OC(=O)c2ccc(CNC(C(=O)OCC3CCN(C)CC3)c3cccc(O)c3)cc2)cc1OC.[OH-]. The lowest BCUT2D eigenvalue weighted by Crippen LogP contribution is -2.34. The zero-order valence-corrected chi connectivity index (χ0v) is 30.2. The number of ether oxygens (including phenoxy) is 4. The van der Waals surface area contributed by atoms with Gasteiger partial charge in [-0.05, 0) is 92.0 Å². The topological polar surface area (TPSA) is 151 Å². The molecular weight excluding hydrogens is 697 g/mol. The molecule has 0 amide bonds. The van der Waals surface area contributed by atoms with Crippen LogP contribution >= 0.6 is 23.2 Å². The third-order valence-corrected chi connectivity index (χ3v) is 9.53. The molecule has 13 heteroatoms. The molecule has 3 aromatic carbocycles. The second-order valence-electron chi connectivity index (χ2n) is 12.3. The molecular formula is C38H43Cl2N3O8. The number of pyridine rings is 1. The lowest BCUT2D eigenvalue weighted by molar-refractivity contribution is -0.377. The summed E-state index contributed by atoms with van der Waals surface area (Å²) < 4.78 is 22.7. The number of rotatable bonds is 14. The Morgan fingerprint density at radius 3 is 2.27 bits per heavy atom. The smallest absolute Gasteiger partial charge is 0.338 e. The molecule has 5 rings (SSSR count). The first-order valence-corrected chi connectivity index (χ1v) is 17.1. The van der Waals surface area contributed by atoms with E-state index in [0.717, 1.165) is 31.5 Å². The number of phenols is 1. The summed E-state index contributed by atoms with van der Waals surface area (Å²) in [6, 6.07) is 18.0. The molecule has 11 nitrogen and oxygen atoms in total. The molecule has 4 aromatic rings. The largest absolute Gasteiger partial charge is 0.870 e. The third-order valence-electron chi connectivity index (χ3n) is 8.85. The van der Waals surface area contributed by atoms with Crippen molar-refractivity contribution in [2.45, 2.75) is 38.0 Å². The van der Waals surface area contributed by atoms with Gasteiger partial charge in [-0.25, -0.2) is 14.6 Å². The molecule has 1 aliphatic rings. The number of nitrogens with zero attached hydrogens (tertiary/aromatic N) is 1. The highest BCUT2D eigenvalue weighted by Gasteiger charge is 2.26. The summed E-state index contributed by atoms with van der Waals surface area (Å²) in [5.74, 6) is 0.436. The second kappa shape index (κ2) is 18.7. The van der Waals surface area contributed by atoms with Crippen LogP contribution in [0.5, 0.6) is 17.2 Å². The first-order chi connectivity index (χ1) is 24.1. The number of aromatic hydroxyl groups is 1.